The number of aryl methyl sites for hydroxylation is 1. The monoisotopic (exact) mass is 303 g/mol. The maximum atomic E-state index is 6.13. The zero-order valence-corrected chi connectivity index (χ0v) is 14.3. The van der Waals surface area contributed by atoms with E-state index >= 15 is 0 Å². The normalized spacial score (nSPS) is 23.6. The van der Waals surface area contributed by atoms with Crippen molar-refractivity contribution >= 4 is 27.4 Å². The Labute approximate surface area is 131 Å². The van der Waals surface area contributed by atoms with Crippen LogP contribution in [0.25, 0.3) is 10.2 Å². The van der Waals surface area contributed by atoms with Crippen molar-refractivity contribution in [2.24, 2.45) is 11.3 Å². The lowest BCUT2D eigenvalue weighted by Crippen LogP contribution is -2.25. The van der Waals surface area contributed by atoms with Gasteiger partial charge in [0.15, 0.2) is 0 Å². The molecule has 0 amide bonds. The van der Waals surface area contributed by atoms with Crippen molar-refractivity contribution in [2.75, 3.05) is 5.73 Å². The van der Waals surface area contributed by atoms with Gasteiger partial charge in [0.25, 0.3) is 0 Å². The molecule has 1 aliphatic rings. The fourth-order valence-electron chi connectivity index (χ4n) is 3.48. The van der Waals surface area contributed by atoms with Crippen molar-refractivity contribution in [3.63, 3.8) is 0 Å². The number of rotatable bonds is 1. The molecule has 3 nitrogen and oxygen atoms in total. The average molecular weight is 303 g/mol. The third-order valence-corrected chi connectivity index (χ3v) is 5.82. The van der Waals surface area contributed by atoms with E-state index in [1.54, 1.807) is 11.3 Å². The van der Waals surface area contributed by atoms with E-state index in [9.17, 15) is 0 Å². The lowest BCUT2D eigenvalue weighted by molar-refractivity contribution is 0.167. The Kier molecular flexibility index (Phi) is 3.68. The van der Waals surface area contributed by atoms with Crippen molar-refractivity contribution in [1.29, 1.82) is 0 Å². The standard InChI is InChI=1S/C17H25N3S/c1-10-9-13-14(18)19-15(20-16(13)21-10)11-5-7-12(8-6-11)17(2,3)4/h9,11-12H,5-8H2,1-4H3,(H2,18,19,20). The highest BCUT2D eigenvalue weighted by atomic mass is 32.1. The number of thiophene rings is 1. The van der Waals surface area contributed by atoms with Crippen molar-refractivity contribution in [2.45, 2.75) is 59.3 Å². The summed E-state index contributed by atoms with van der Waals surface area (Å²) in [5, 5.41) is 1.02. The zero-order chi connectivity index (χ0) is 15.2. The van der Waals surface area contributed by atoms with Crippen LogP contribution in [0.15, 0.2) is 6.07 Å². The average Bonchev–Trinajstić information content (AvgIpc) is 2.79. The molecule has 0 aliphatic heterocycles. The van der Waals surface area contributed by atoms with Gasteiger partial charge in [-0.15, -0.1) is 11.3 Å². The molecule has 114 valence electrons. The van der Waals surface area contributed by atoms with Crippen LogP contribution in [0.4, 0.5) is 5.82 Å². The summed E-state index contributed by atoms with van der Waals surface area (Å²) in [4.78, 5) is 11.7. The second-order valence-electron chi connectivity index (χ2n) is 7.46. The molecule has 1 saturated carbocycles. The number of hydrogen-bond acceptors (Lipinski definition) is 4. The number of aromatic nitrogens is 2. The molecule has 4 heteroatoms. The van der Waals surface area contributed by atoms with Gasteiger partial charge in [0.05, 0.1) is 5.39 Å². The summed E-state index contributed by atoms with van der Waals surface area (Å²) in [5.74, 6) is 2.92. The van der Waals surface area contributed by atoms with Crippen LogP contribution in [0.2, 0.25) is 0 Å². The predicted molar refractivity (Wildman–Crippen MR) is 90.7 cm³/mol. The van der Waals surface area contributed by atoms with E-state index in [4.69, 9.17) is 10.7 Å². The summed E-state index contributed by atoms with van der Waals surface area (Å²) in [7, 11) is 0. The molecule has 1 aliphatic carbocycles. The van der Waals surface area contributed by atoms with E-state index in [2.05, 4.69) is 38.7 Å². The number of fused-ring (bicyclic) bond motifs is 1. The highest BCUT2D eigenvalue weighted by Gasteiger charge is 2.31. The van der Waals surface area contributed by atoms with Crippen molar-refractivity contribution in [1.82, 2.24) is 9.97 Å². The minimum absolute atomic E-state index is 0.416. The second kappa shape index (κ2) is 5.24. The largest absolute Gasteiger partial charge is 0.383 e. The SMILES string of the molecule is Cc1cc2c(N)nc(C3CCC(C(C)(C)C)CC3)nc2s1. The summed E-state index contributed by atoms with van der Waals surface area (Å²) < 4.78 is 0. The lowest BCUT2D eigenvalue weighted by Gasteiger charge is -2.36. The first-order valence-electron chi connectivity index (χ1n) is 7.88. The molecule has 0 saturated heterocycles. The molecular weight excluding hydrogens is 278 g/mol. The van der Waals surface area contributed by atoms with Crippen molar-refractivity contribution in [3.8, 4) is 0 Å². The maximum absolute atomic E-state index is 6.13. The summed E-state index contributed by atoms with van der Waals surface area (Å²) in [6.07, 6.45) is 4.94. The fourth-order valence-corrected chi connectivity index (χ4v) is 4.38. The Morgan fingerprint density at radius 1 is 1.14 bits per heavy atom. The van der Waals surface area contributed by atoms with Crippen LogP contribution in [0, 0.1) is 18.3 Å². The predicted octanol–water partition coefficient (Wildman–Crippen LogP) is 4.90. The molecule has 2 heterocycles. The Balaban J connectivity index is 1.82. The Morgan fingerprint density at radius 3 is 2.43 bits per heavy atom. The maximum Gasteiger partial charge on any atom is 0.135 e. The van der Waals surface area contributed by atoms with Crippen molar-refractivity contribution < 1.29 is 0 Å². The molecule has 2 aromatic rings. The Bertz CT molecular complexity index is 646. The number of nitrogens with zero attached hydrogens (tertiary/aromatic N) is 2. The Morgan fingerprint density at radius 2 is 1.81 bits per heavy atom. The fraction of sp³-hybridized carbons (Fsp3) is 0.647. The molecule has 0 radical (unpaired) electrons. The van der Waals surface area contributed by atoms with Gasteiger partial charge in [-0.2, -0.15) is 0 Å². The van der Waals surface area contributed by atoms with E-state index in [0.717, 1.165) is 22.0 Å². The molecule has 3 rings (SSSR count). The van der Waals surface area contributed by atoms with Gasteiger partial charge < -0.3 is 5.73 Å². The van der Waals surface area contributed by atoms with Gasteiger partial charge in [-0.25, -0.2) is 9.97 Å². The third kappa shape index (κ3) is 2.91. The molecule has 0 spiro atoms. The number of nitrogens with two attached hydrogens (primary N) is 1. The molecule has 21 heavy (non-hydrogen) atoms. The van der Waals surface area contributed by atoms with Crippen LogP contribution >= 0.6 is 11.3 Å². The van der Waals surface area contributed by atoms with Gasteiger partial charge in [0.1, 0.15) is 16.5 Å². The first-order chi connectivity index (χ1) is 9.84. The molecule has 2 N–H and O–H groups in total. The molecule has 0 aromatic carbocycles. The van der Waals surface area contributed by atoms with Crippen LogP contribution < -0.4 is 5.73 Å². The van der Waals surface area contributed by atoms with Gasteiger partial charge in [0.2, 0.25) is 0 Å². The minimum Gasteiger partial charge on any atom is -0.383 e. The van der Waals surface area contributed by atoms with Gasteiger partial charge >= 0.3 is 0 Å². The first kappa shape index (κ1) is 14.8. The second-order valence-corrected chi connectivity index (χ2v) is 8.69. The minimum atomic E-state index is 0.416. The third-order valence-electron chi connectivity index (χ3n) is 4.88. The molecule has 1 fully saturated rings. The molecule has 0 unspecified atom stereocenters. The van der Waals surface area contributed by atoms with E-state index < -0.39 is 0 Å². The van der Waals surface area contributed by atoms with Gasteiger partial charge in [-0.3, -0.25) is 0 Å². The lowest BCUT2D eigenvalue weighted by atomic mass is 9.70. The number of nitrogen functional groups attached to an aromatic ring is 1. The summed E-state index contributed by atoms with van der Waals surface area (Å²) in [5.41, 5.74) is 6.55. The Hall–Kier alpha value is -1.16. The number of hydrogen-bond donors (Lipinski definition) is 1. The van der Waals surface area contributed by atoms with Gasteiger partial charge in [-0.05, 0) is 50.0 Å². The summed E-state index contributed by atoms with van der Waals surface area (Å²) in [6.45, 7) is 9.16. The van der Waals surface area contributed by atoms with Crippen LogP contribution in [-0.2, 0) is 0 Å². The number of anilines is 1. The van der Waals surface area contributed by atoms with E-state index in [1.807, 2.05) is 0 Å². The van der Waals surface area contributed by atoms with Crippen LogP contribution in [0.3, 0.4) is 0 Å². The topological polar surface area (TPSA) is 51.8 Å². The highest BCUT2D eigenvalue weighted by Crippen LogP contribution is 2.43. The van der Waals surface area contributed by atoms with E-state index in [-0.39, 0.29) is 0 Å². The molecule has 2 aromatic heterocycles. The molecular formula is C17H25N3S. The van der Waals surface area contributed by atoms with E-state index in [0.29, 0.717) is 17.2 Å². The molecule has 0 atom stereocenters. The molecule has 0 bridgehead atoms. The van der Waals surface area contributed by atoms with Crippen LogP contribution in [-0.4, -0.2) is 9.97 Å². The summed E-state index contributed by atoms with van der Waals surface area (Å²) in [6, 6.07) is 2.09. The highest BCUT2D eigenvalue weighted by molar-refractivity contribution is 7.18. The summed E-state index contributed by atoms with van der Waals surface area (Å²) >= 11 is 1.72. The quantitative estimate of drug-likeness (QED) is 0.815. The van der Waals surface area contributed by atoms with Gasteiger partial charge in [0, 0.05) is 10.8 Å². The van der Waals surface area contributed by atoms with Crippen LogP contribution in [0.1, 0.15) is 63.1 Å². The van der Waals surface area contributed by atoms with Gasteiger partial charge in [-0.1, -0.05) is 20.8 Å². The zero-order valence-electron chi connectivity index (χ0n) is 13.4. The first-order valence-corrected chi connectivity index (χ1v) is 8.70. The van der Waals surface area contributed by atoms with E-state index in [1.165, 1.54) is 30.6 Å². The smallest absolute Gasteiger partial charge is 0.135 e. The van der Waals surface area contributed by atoms with Crippen LogP contribution in [0.5, 0.6) is 0 Å². The van der Waals surface area contributed by atoms with Crippen molar-refractivity contribution in [3.05, 3.63) is 16.8 Å².